The summed E-state index contributed by atoms with van der Waals surface area (Å²) in [7, 11) is 0. The van der Waals surface area contributed by atoms with E-state index in [2.05, 4.69) is 80.4 Å². The average molecular weight is 781 g/mol. The van der Waals surface area contributed by atoms with Crippen LogP contribution in [0.4, 0.5) is 0 Å². The van der Waals surface area contributed by atoms with Crippen LogP contribution < -0.4 is 0 Å². The second kappa shape index (κ2) is 16.2. The number of allylic oxidation sites excluding steroid dienone is 2. The first kappa shape index (κ1) is 35.9. The van der Waals surface area contributed by atoms with Gasteiger partial charge in [-0.2, -0.15) is 0 Å². The van der Waals surface area contributed by atoms with Crippen LogP contribution in [0.5, 0.6) is 0 Å². The van der Waals surface area contributed by atoms with Gasteiger partial charge in [0.15, 0.2) is 5.78 Å². The fourth-order valence-corrected chi connectivity index (χ4v) is 5.76. The summed E-state index contributed by atoms with van der Waals surface area (Å²) in [4.78, 5) is 16.4. The van der Waals surface area contributed by atoms with E-state index in [0.29, 0.717) is 0 Å². The predicted octanol–water partition coefficient (Wildman–Crippen LogP) is 11.3. The van der Waals surface area contributed by atoms with Crippen LogP contribution in [0.3, 0.4) is 0 Å². The maximum absolute atomic E-state index is 11.7. The molecule has 0 bridgehead atoms. The number of aliphatic hydroxyl groups excluding tert-OH is 1. The zero-order valence-electron chi connectivity index (χ0n) is 27.6. The van der Waals surface area contributed by atoms with Crippen molar-refractivity contribution in [1.82, 2.24) is 4.98 Å². The molecule has 0 amide bonds. The molecule has 4 nitrogen and oxygen atoms in total. The normalized spacial score (nSPS) is 11.9. The molecular weight excluding hydrogens is 735 g/mol. The Morgan fingerprint density at radius 1 is 0.889 bits per heavy atom. The Morgan fingerprint density at radius 3 is 2.24 bits per heavy atom. The molecule has 239 valence electrons. The van der Waals surface area contributed by atoms with Crippen LogP contribution in [0.15, 0.2) is 95.4 Å². The Morgan fingerprint density at radius 2 is 1.58 bits per heavy atom. The van der Waals surface area contributed by atoms with E-state index in [1.807, 2.05) is 52.1 Å². The van der Waals surface area contributed by atoms with Gasteiger partial charge >= 0.3 is 0 Å². The van der Waals surface area contributed by atoms with E-state index in [9.17, 15) is 9.90 Å². The molecule has 0 aliphatic heterocycles. The number of hydrogen-bond donors (Lipinski definition) is 1. The summed E-state index contributed by atoms with van der Waals surface area (Å²) in [5, 5.41) is 13.2. The second-order valence-corrected chi connectivity index (χ2v) is 12.5. The van der Waals surface area contributed by atoms with Crippen molar-refractivity contribution >= 4 is 27.5 Å². The van der Waals surface area contributed by atoms with E-state index >= 15 is 0 Å². The smallest absolute Gasteiger partial charge is 0.162 e. The summed E-state index contributed by atoms with van der Waals surface area (Å²) >= 11 is 0. The molecule has 5 aromatic rings. The van der Waals surface area contributed by atoms with E-state index in [1.54, 1.807) is 6.26 Å². The number of aliphatic hydroxyl groups is 1. The summed E-state index contributed by atoms with van der Waals surface area (Å²) in [6.07, 6.45) is 8.52. The number of furan rings is 1. The molecule has 1 N–H and O–H groups in total. The zero-order chi connectivity index (χ0) is 31.9. The van der Waals surface area contributed by atoms with E-state index in [0.717, 1.165) is 64.4 Å². The summed E-state index contributed by atoms with van der Waals surface area (Å²) in [5.41, 5.74) is 6.47. The molecular formula is C40H46IrNO3-. The van der Waals surface area contributed by atoms with Gasteiger partial charge < -0.3 is 9.52 Å². The number of carbonyl (C=O) groups is 1. The summed E-state index contributed by atoms with van der Waals surface area (Å²) in [5.74, 6) is 0.547. The van der Waals surface area contributed by atoms with Gasteiger partial charge in [-0.05, 0) is 60.4 Å². The van der Waals surface area contributed by atoms with Crippen LogP contribution in [0.2, 0.25) is 0 Å². The van der Waals surface area contributed by atoms with Gasteiger partial charge in [-0.3, -0.25) is 9.78 Å². The molecule has 5 rings (SSSR count). The topological polar surface area (TPSA) is 63.3 Å². The van der Waals surface area contributed by atoms with E-state index < -0.39 is 0 Å². The van der Waals surface area contributed by atoms with Crippen molar-refractivity contribution < 1.29 is 34.4 Å². The fourth-order valence-electron chi connectivity index (χ4n) is 5.76. The average Bonchev–Trinajstić information content (AvgIpc) is 3.51. The Labute approximate surface area is 282 Å². The predicted molar refractivity (Wildman–Crippen MR) is 184 cm³/mol. The van der Waals surface area contributed by atoms with Crippen molar-refractivity contribution in [2.45, 2.75) is 79.6 Å². The minimum Gasteiger partial charge on any atom is -0.512 e. The van der Waals surface area contributed by atoms with Gasteiger partial charge in [-0.25, -0.2) is 0 Å². The Bertz CT molecular complexity index is 1740. The van der Waals surface area contributed by atoms with Crippen LogP contribution in [-0.4, -0.2) is 15.9 Å². The third-order valence-electron chi connectivity index (χ3n) is 8.51. The van der Waals surface area contributed by atoms with E-state index in [-0.39, 0.29) is 48.9 Å². The molecule has 0 aliphatic rings. The second-order valence-electron chi connectivity index (χ2n) is 12.5. The molecule has 0 fully saturated rings. The first-order valence-electron chi connectivity index (χ1n) is 15.9. The molecule has 0 saturated carbocycles. The van der Waals surface area contributed by atoms with Crippen molar-refractivity contribution in [3.05, 3.63) is 103 Å². The molecule has 3 aromatic carbocycles. The van der Waals surface area contributed by atoms with E-state index in [4.69, 9.17) is 4.42 Å². The maximum atomic E-state index is 11.7. The monoisotopic (exact) mass is 781 g/mol. The summed E-state index contributed by atoms with van der Waals surface area (Å²) in [6.45, 7) is 14.8. The van der Waals surface area contributed by atoms with Gasteiger partial charge in [0, 0.05) is 55.3 Å². The van der Waals surface area contributed by atoms with Crippen molar-refractivity contribution in [3.8, 4) is 22.4 Å². The third-order valence-corrected chi connectivity index (χ3v) is 8.51. The number of pyridine rings is 1. The molecule has 2 heterocycles. The first-order valence-corrected chi connectivity index (χ1v) is 15.9. The number of hydrogen-bond acceptors (Lipinski definition) is 4. The fraction of sp³-hybridized carbons (Fsp3) is 0.350. The molecule has 5 heteroatoms. The van der Waals surface area contributed by atoms with Gasteiger partial charge in [0.1, 0.15) is 5.58 Å². The number of fused-ring (bicyclic) bond motifs is 2. The SMILES string of the molecule is CC(C)(C)c1cc(-c2cc(-c3cccc4occc34)ccn2)[c-]c2ccccc12.CCC(CC)C(=O)/C=C(\O)C(CC)CC.[Ir]. The van der Waals surface area contributed by atoms with Crippen LogP contribution in [-0.2, 0) is 30.3 Å². The van der Waals surface area contributed by atoms with Gasteiger partial charge in [0.25, 0.3) is 0 Å². The number of nitrogens with zero attached hydrogens (tertiary/aromatic N) is 1. The Balaban J connectivity index is 0.000000297. The molecule has 0 atom stereocenters. The van der Waals surface area contributed by atoms with Gasteiger partial charge in [0.05, 0.1) is 12.0 Å². The molecule has 45 heavy (non-hydrogen) atoms. The van der Waals surface area contributed by atoms with Crippen LogP contribution in [0.25, 0.3) is 44.1 Å². The van der Waals surface area contributed by atoms with Crippen molar-refractivity contribution in [2.24, 2.45) is 11.8 Å². The minimum atomic E-state index is 0. The van der Waals surface area contributed by atoms with Crippen molar-refractivity contribution in [2.75, 3.05) is 0 Å². The molecule has 0 aliphatic carbocycles. The zero-order valence-corrected chi connectivity index (χ0v) is 30.0. The standard InChI is InChI=1S/C27H22NO.C13H24O2.Ir/c1-27(2,3)24-16-20(15-18-7-4-5-8-22(18)24)25-17-19(11-13-28-25)21-9-6-10-26-23(21)12-14-29-26;1-5-10(6-2)12(14)9-13(15)11(7-3)8-4;/h4-14,16-17H,1-3H3;9-11,14H,5-8H2,1-4H3;/q-1;;/b;12-9-;. The van der Waals surface area contributed by atoms with E-state index in [1.165, 1.54) is 17.0 Å². The molecule has 1 radical (unpaired) electrons. The largest absolute Gasteiger partial charge is 0.512 e. The summed E-state index contributed by atoms with van der Waals surface area (Å²) < 4.78 is 5.57. The van der Waals surface area contributed by atoms with Crippen LogP contribution >= 0.6 is 0 Å². The third kappa shape index (κ3) is 8.60. The number of rotatable bonds is 9. The number of aromatic nitrogens is 1. The number of benzene rings is 3. The van der Waals surface area contributed by atoms with Crippen LogP contribution in [0, 0.1) is 17.9 Å². The number of carbonyl (C=O) groups excluding carboxylic acids is 1. The Hall–Kier alpha value is -3.53. The van der Waals surface area contributed by atoms with Crippen LogP contribution in [0.1, 0.15) is 79.7 Å². The molecule has 0 spiro atoms. The first-order chi connectivity index (χ1) is 21.1. The van der Waals surface area contributed by atoms with Crippen molar-refractivity contribution in [3.63, 3.8) is 0 Å². The molecule has 0 saturated heterocycles. The summed E-state index contributed by atoms with van der Waals surface area (Å²) in [6, 6.07) is 26.7. The Kier molecular flexibility index (Phi) is 12.9. The van der Waals surface area contributed by atoms with Crippen molar-refractivity contribution in [1.29, 1.82) is 0 Å². The minimum absolute atomic E-state index is 0. The van der Waals surface area contributed by atoms with Gasteiger partial charge in [-0.15, -0.1) is 29.1 Å². The maximum Gasteiger partial charge on any atom is 0.162 e. The molecule has 0 unspecified atom stereocenters. The quantitative estimate of drug-likeness (QED) is 0.0919. The van der Waals surface area contributed by atoms with Gasteiger partial charge in [-0.1, -0.05) is 95.8 Å². The number of ketones is 1. The van der Waals surface area contributed by atoms with Gasteiger partial charge in [0.2, 0.25) is 0 Å². The molecule has 2 aromatic heterocycles.